The average molecular weight is 235 g/mol. The number of carboxylic acid groups (broad SMARTS) is 1. The molecule has 0 radical (unpaired) electrons. The summed E-state index contributed by atoms with van der Waals surface area (Å²) in [5.74, 6) is -0.338. The van der Waals surface area contributed by atoms with Crippen LogP contribution in [0.1, 0.15) is 10.4 Å². The summed E-state index contributed by atoms with van der Waals surface area (Å²) in [6.45, 7) is 0. The van der Waals surface area contributed by atoms with Crippen LogP contribution in [0.4, 0.5) is 0 Å². The number of carbonyl (C=O) groups is 1. The van der Waals surface area contributed by atoms with Gasteiger partial charge in [0.2, 0.25) is 0 Å². The van der Waals surface area contributed by atoms with E-state index < -0.39 is 5.97 Å². The lowest BCUT2D eigenvalue weighted by Gasteiger charge is -2.06. The van der Waals surface area contributed by atoms with E-state index in [2.05, 4.69) is 4.98 Å². The molecule has 0 atom stereocenters. The maximum atomic E-state index is 10.9. The third-order valence-corrected chi connectivity index (χ3v) is 2.74. The van der Waals surface area contributed by atoms with Crippen molar-refractivity contribution >= 4 is 17.3 Å². The summed E-state index contributed by atoms with van der Waals surface area (Å²) < 4.78 is 5.18. The Balaban J connectivity index is 2.56. The van der Waals surface area contributed by atoms with Crippen LogP contribution in [0.5, 0.6) is 5.75 Å². The zero-order valence-corrected chi connectivity index (χ0v) is 9.32. The highest BCUT2D eigenvalue weighted by atomic mass is 32.1. The van der Waals surface area contributed by atoms with E-state index >= 15 is 0 Å². The second kappa shape index (κ2) is 4.32. The summed E-state index contributed by atoms with van der Waals surface area (Å²) in [6.07, 6.45) is 0. The van der Waals surface area contributed by atoms with Crippen LogP contribution in [0.2, 0.25) is 0 Å². The number of hydrogen-bond donors (Lipinski definition) is 1. The molecule has 0 aliphatic carbocycles. The molecule has 5 heteroatoms. The standard InChI is InChI=1S/C11H9NO3S/c1-15-10-3-2-7(11(13)14)4-8(10)9-5-16-6-12-9/h2-6H,1H3,(H,13,14). The van der Waals surface area contributed by atoms with Crippen LogP contribution in [0.25, 0.3) is 11.3 Å². The minimum atomic E-state index is -0.959. The Bertz CT molecular complexity index is 508. The van der Waals surface area contributed by atoms with Gasteiger partial charge >= 0.3 is 5.97 Å². The number of nitrogens with zero attached hydrogens (tertiary/aromatic N) is 1. The van der Waals surface area contributed by atoms with E-state index in [1.807, 2.05) is 5.38 Å². The fraction of sp³-hybridized carbons (Fsp3) is 0.0909. The highest BCUT2D eigenvalue weighted by Crippen LogP contribution is 2.30. The maximum Gasteiger partial charge on any atom is 0.335 e. The van der Waals surface area contributed by atoms with Gasteiger partial charge in [-0.05, 0) is 18.2 Å². The molecule has 2 rings (SSSR count). The van der Waals surface area contributed by atoms with Crippen molar-refractivity contribution in [3.05, 3.63) is 34.7 Å². The van der Waals surface area contributed by atoms with Crippen LogP contribution < -0.4 is 4.74 Å². The Morgan fingerprint density at radius 1 is 1.50 bits per heavy atom. The number of aromatic nitrogens is 1. The zero-order chi connectivity index (χ0) is 11.5. The molecule has 16 heavy (non-hydrogen) atoms. The Morgan fingerprint density at radius 3 is 2.88 bits per heavy atom. The molecular weight excluding hydrogens is 226 g/mol. The number of hydrogen-bond acceptors (Lipinski definition) is 4. The second-order valence-electron chi connectivity index (χ2n) is 3.09. The van der Waals surface area contributed by atoms with Crippen molar-refractivity contribution in [2.45, 2.75) is 0 Å². The van der Waals surface area contributed by atoms with Crippen molar-refractivity contribution in [1.82, 2.24) is 4.98 Å². The molecule has 0 saturated heterocycles. The topological polar surface area (TPSA) is 59.4 Å². The van der Waals surface area contributed by atoms with Gasteiger partial charge in [0.05, 0.1) is 23.9 Å². The molecule has 82 valence electrons. The third kappa shape index (κ3) is 1.90. The van der Waals surface area contributed by atoms with Crippen molar-refractivity contribution in [3.63, 3.8) is 0 Å². The largest absolute Gasteiger partial charge is 0.496 e. The van der Waals surface area contributed by atoms with Gasteiger partial charge in [0.15, 0.2) is 0 Å². The molecule has 0 aliphatic rings. The molecule has 1 heterocycles. The summed E-state index contributed by atoms with van der Waals surface area (Å²) >= 11 is 1.45. The Kier molecular flexibility index (Phi) is 2.87. The lowest BCUT2D eigenvalue weighted by atomic mass is 10.1. The van der Waals surface area contributed by atoms with Crippen LogP contribution in [0.15, 0.2) is 29.1 Å². The van der Waals surface area contributed by atoms with Crippen LogP contribution in [0.3, 0.4) is 0 Å². The van der Waals surface area contributed by atoms with E-state index in [4.69, 9.17) is 9.84 Å². The number of benzene rings is 1. The summed E-state index contributed by atoms with van der Waals surface area (Å²) in [4.78, 5) is 15.0. The molecule has 0 aliphatic heterocycles. The van der Waals surface area contributed by atoms with Gasteiger partial charge in [-0.15, -0.1) is 11.3 Å². The van der Waals surface area contributed by atoms with Crippen molar-refractivity contribution < 1.29 is 14.6 Å². The summed E-state index contributed by atoms with van der Waals surface area (Å²) in [7, 11) is 1.55. The summed E-state index contributed by atoms with van der Waals surface area (Å²) in [6, 6.07) is 4.71. The summed E-state index contributed by atoms with van der Waals surface area (Å²) in [5, 5.41) is 10.8. The molecule has 0 fully saturated rings. The van der Waals surface area contributed by atoms with E-state index in [0.29, 0.717) is 11.3 Å². The van der Waals surface area contributed by atoms with E-state index in [0.717, 1.165) is 5.69 Å². The molecular formula is C11H9NO3S. The average Bonchev–Trinajstić information content (AvgIpc) is 2.81. The number of ether oxygens (including phenoxy) is 1. The van der Waals surface area contributed by atoms with Crippen LogP contribution in [0, 0.1) is 0 Å². The minimum Gasteiger partial charge on any atom is -0.496 e. The molecule has 0 amide bonds. The molecule has 0 saturated carbocycles. The highest BCUT2D eigenvalue weighted by Gasteiger charge is 2.11. The minimum absolute atomic E-state index is 0.226. The number of methoxy groups -OCH3 is 1. The van der Waals surface area contributed by atoms with Gasteiger partial charge in [0.1, 0.15) is 5.75 Å². The van der Waals surface area contributed by atoms with Crippen LogP contribution in [-0.2, 0) is 0 Å². The van der Waals surface area contributed by atoms with Crippen molar-refractivity contribution in [2.75, 3.05) is 7.11 Å². The molecule has 1 aromatic carbocycles. The first kappa shape index (κ1) is 10.6. The van der Waals surface area contributed by atoms with Gasteiger partial charge in [-0.1, -0.05) is 0 Å². The maximum absolute atomic E-state index is 10.9. The Hall–Kier alpha value is -1.88. The smallest absolute Gasteiger partial charge is 0.335 e. The molecule has 4 nitrogen and oxygen atoms in total. The van der Waals surface area contributed by atoms with Crippen molar-refractivity contribution in [1.29, 1.82) is 0 Å². The van der Waals surface area contributed by atoms with Gasteiger partial charge in [-0.2, -0.15) is 0 Å². The van der Waals surface area contributed by atoms with Crippen molar-refractivity contribution in [3.8, 4) is 17.0 Å². The lowest BCUT2D eigenvalue weighted by molar-refractivity contribution is 0.0697. The van der Waals surface area contributed by atoms with E-state index in [-0.39, 0.29) is 5.56 Å². The number of carboxylic acids is 1. The van der Waals surface area contributed by atoms with Crippen molar-refractivity contribution in [2.24, 2.45) is 0 Å². The molecule has 0 spiro atoms. The fourth-order valence-electron chi connectivity index (χ4n) is 1.39. The zero-order valence-electron chi connectivity index (χ0n) is 8.51. The van der Waals surface area contributed by atoms with Gasteiger partial charge < -0.3 is 9.84 Å². The molecule has 1 N–H and O–H groups in total. The number of thiazole rings is 1. The highest BCUT2D eigenvalue weighted by molar-refractivity contribution is 7.07. The normalized spacial score (nSPS) is 10.1. The lowest BCUT2D eigenvalue weighted by Crippen LogP contribution is -1.97. The van der Waals surface area contributed by atoms with Crippen LogP contribution in [-0.4, -0.2) is 23.2 Å². The van der Waals surface area contributed by atoms with E-state index in [1.54, 1.807) is 24.8 Å². The monoisotopic (exact) mass is 235 g/mol. The van der Waals surface area contributed by atoms with Gasteiger partial charge in [0, 0.05) is 10.9 Å². The second-order valence-corrected chi connectivity index (χ2v) is 3.81. The van der Waals surface area contributed by atoms with E-state index in [9.17, 15) is 4.79 Å². The molecule has 0 bridgehead atoms. The first-order valence-electron chi connectivity index (χ1n) is 4.52. The first-order chi connectivity index (χ1) is 7.72. The number of rotatable bonds is 3. The van der Waals surface area contributed by atoms with Gasteiger partial charge in [-0.3, -0.25) is 0 Å². The predicted molar refractivity (Wildman–Crippen MR) is 61.1 cm³/mol. The first-order valence-corrected chi connectivity index (χ1v) is 5.46. The summed E-state index contributed by atoms with van der Waals surface area (Å²) in [5.41, 5.74) is 3.35. The Labute approximate surface area is 96.1 Å². The number of aromatic carboxylic acids is 1. The quantitative estimate of drug-likeness (QED) is 0.888. The Morgan fingerprint density at radius 2 is 2.31 bits per heavy atom. The third-order valence-electron chi connectivity index (χ3n) is 2.15. The van der Waals surface area contributed by atoms with Gasteiger partial charge in [-0.25, -0.2) is 9.78 Å². The SMILES string of the molecule is COc1ccc(C(=O)O)cc1-c1cscn1. The molecule has 2 aromatic rings. The predicted octanol–water partition coefficient (Wildman–Crippen LogP) is 2.52. The molecule has 1 aromatic heterocycles. The van der Waals surface area contributed by atoms with Crippen LogP contribution >= 0.6 is 11.3 Å². The fourth-order valence-corrected chi connectivity index (χ4v) is 1.94. The van der Waals surface area contributed by atoms with E-state index in [1.165, 1.54) is 17.4 Å². The van der Waals surface area contributed by atoms with Gasteiger partial charge in [0.25, 0.3) is 0 Å². The molecule has 0 unspecified atom stereocenters.